The minimum Gasteiger partial charge on any atom is -0.468 e. The van der Waals surface area contributed by atoms with Crippen LogP contribution in [0.15, 0.2) is 52.1 Å². The van der Waals surface area contributed by atoms with Gasteiger partial charge in [-0.25, -0.2) is 4.99 Å². The molecule has 1 aromatic carbocycles. The van der Waals surface area contributed by atoms with Gasteiger partial charge in [0.05, 0.1) is 25.5 Å². The molecule has 1 aromatic heterocycles. The van der Waals surface area contributed by atoms with E-state index in [0.717, 1.165) is 57.0 Å². The monoisotopic (exact) mass is 398 g/mol. The summed E-state index contributed by atoms with van der Waals surface area (Å²) in [5.74, 6) is 1.83. The molecule has 3 N–H and O–H groups in total. The molecule has 1 aliphatic rings. The summed E-state index contributed by atoms with van der Waals surface area (Å²) in [6, 6.07) is 12.8. The average Bonchev–Trinajstić information content (AvgIpc) is 3.22. The fourth-order valence-electron chi connectivity index (χ4n) is 3.78. The molecule has 3 rings (SSSR count). The highest BCUT2D eigenvalue weighted by atomic mass is 16.3. The van der Waals surface area contributed by atoms with Crippen molar-refractivity contribution in [1.82, 2.24) is 15.5 Å². The molecule has 1 aliphatic carbocycles. The maximum absolute atomic E-state index is 9.72. The highest BCUT2D eigenvalue weighted by Crippen LogP contribution is 2.18. The van der Waals surface area contributed by atoms with Gasteiger partial charge in [0, 0.05) is 19.1 Å². The second-order valence-electron chi connectivity index (χ2n) is 7.87. The predicted octanol–water partition coefficient (Wildman–Crippen LogP) is 3.27. The molecule has 0 radical (unpaired) electrons. The fourth-order valence-corrected chi connectivity index (χ4v) is 3.78. The molecule has 2 aromatic rings. The van der Waals surface area contributed by atoms with E-state index in [0.29, 0.717) is 12.6 Å². The standard InChI is InChI=1S/C23H34N4O2/c1-3-24-23(26-20-10-12-21(28)13-11-20)25-15-18-7-4-5-8-19(18)16-27(2)17-22-9-6-14-29-22/h4-9,14,20-21,28H,3,10-13,15-17H2,1-2H3,(H2,24,25,26). The lowest BCUT2D eigenvalue weighted by molar-refractivity contribution is 0.120. The third-order valence-corrected chi connectivity index (χ3v) is 5.35. The van der Waals surface area contributed by atoms with Crippen LogP contribution in [0.2, 0.25) is 0 Å². The van der Waals surface area contributed by atoms with Crippen LogP contribution in [0.5, 0.6) is 0 Å². The Kier molecular flexibility index (Phi) is 8.14. The zero-order valence-electron chi connectivity index (χ0n) is 17.6. The number of rotatable bonds is 8. The molecule has 0 spiro atoms. The maximum atomic E-state index is 9.72. The number of aliphatic hydroxyl groups is 1. The molecule has 0 saturated heterocycles. The van der Waals surface area contributed by atoms with Crippen LogP contribution in [-0.4, -0.2) is 41.7 Å². The van der Waals surface area contributed by atoms with Gasteiger partial charge in [-0.3, -0.25) is 4.90 Å². The van der Waals surface area contributed by atoms with Gasteiger partial charge in [-0.05, 0) is 62.9 Å². The van der Waals surface area contributed by atoms with Crippen molar-refractivity contribution in [2.75, 3.05) is 13.6 Å². The maximum Gasteiger partial charge on any atom is 0.191 e. The number of furan rings is 1. The Morgan fingerprint density at radius 1 is 1.10 bits per heavy atom. The molecule has 158 valence electrons. The van der Waals surface area contributed by atoms with Gasteiger partial charge >= 0.3 is 0 Å². The van der Waals surface area contributed by atoms with Gasteiger partial charge in [0.2, 0.25) is 0 Å². The van der Waals surface area contributed by atoms with E-state index in [2.05, 4.69) is 53.8 Å². The third kappa shape index (κ3) is 6.91. The van der Waals surface area contributed by atoms with Crippen molar-refractivity contribution in [3.05, 3.63) is 59.5 Å². The molecule has 1 heterocycles. The van der Waals surface area contributed by atoms with E-state index < -0.39 is 0 Å². The number of nitrogens with one attached hydrogen (secondary N) is 2. The smallest absolute Gasteiger partial charge is 0.191 e. The van der Waals surface area contributed by atoms with Gasteiger partial charge in [-0.1, -0.05) is 24.3 Å². The quantitative estimate of drug-likeness (QED) is 0.470. The minimum absolute atomic E-state index is 0.141. The number of aliphatic imine (C=N–C) groups is 1. The van der Waals surface area contributed by atoms with Crippen LogP contribution in [0.1, 0.15) is 49.5 Å². The minimum atomic E-state index is -0.141. The van der Waals surface area contributed by atoms with Crippen LogP contribution < -0.4 is 10.6 Å². The first-order valence-corrected chi connectivity index (χ1v) is 10.6. The molecule has 0 amide bonds. The molecule has 6 heteroatoms. The summed E-state index contributed by atoms with van der Waals surface area (Å²) in [6.45, 7) is 5.17. The van der Waals surface area contributed by atoms with E-state index in [9.17, 15) is 5.11 Å². The van der Waals surface area contributed by atoms with E-state index in [-0.39, 0.29) is 6.10 Å². The Bertz CT molecular complexity index is 752. The lowest BCUT2D eigenvalue weighted by Crippen LogP contribution is -2.45. The SMILES string of the molecule is CCNC(=NCc1ccccc1CN(C)Cc1ccco1)NC1CCC(O)CC1. The predicted molar refractivity (Wildman–Crippen MR) is 117 cm³/mol. The molecule has 29 heavy (non-hydrogen) atoms. The van der Waals surface area contributed by atoms with Crippen molar-refractivity contribution in [1.29, 1.82) is 0 Å². The number of benzene rings is 1. The number of hydrogen-bond acceptors (Lipinski definition) is 4. The van der Waals surface area contributed by atoms with E-state index >= 15 is 0 Å². The Morgan fingerprint density at radius 2 is 1.86 bits per heavy atom. The zero-order chi connectivity index (χ0) is 20.5. The highest BCUT2D eigenvalue weighted by molar-refractivity contribution is 5.80. The molecular formula is C23H34N4O2. The molecular weight excluding hydrogens is 364 g/mol. The topological polar surface area (TPSA) is 73.0 Å². The number of guanidine groups is 1. The summed E-state index contributed by atoms with van der Waals surface area (Å²) in [5, 5.41) is 16.6. The van der Waals surface area contributed by atoms with Crippen LogP contribution in [0, 0.1) is 0 Å². The van der Waals surface area contributed by atoms with Crippen molar-refractivity contribution < 1.29 is 9.52 Å². The van der Waals surface area contributed by atoms with Gasteiger partial charge in [0.25, 0.3) is 0 Å². The second kappa shape index (κ2) is 11.0. The molecule has 6 nitrogen and oxygen atoms in total. The number of aliphatic hydroxyl groups excluding tert-OH is 1. The highest BCUT2D eigenvalue weighted by Gasteiger charge is 2.20. The van der Waals surface area contributed by atoms with Crippen molar-refractivity contribution in [2.24, 2.45) is 4.99 Å². The van der Waals surface area contributed by atoms with Gasteiger partial charge in [0.1, 0.15) is 5.76 Å². The molecule has 0 bridgehead atoms. The molecule has 1 fully saturated rings. The first-order valence-electron chi connectivity index (χ1n) is 10.6. The van der Waals surface area contributed by atoms with Crippen LogP contribution in [-0.2, 0) is 19.6 Å². The van der Waals surface area contributed by atoms with Crippen molar-refractivity contribution >= 4 is 5.96 Å². The first-order chi connectivity index (χ1) is 14.1. The average molecular weight is 399 g/mol. The van der Waals surface area contributed by atoms with E-state index in [1.165, 1.54) is 11.1 Å². The summed E-state index contributed by atoms with van der Waals surface area (Å²) in [4.78, 5) is 7.08. The van der Waals surface area contributed by atoms with E-state index in [1.807, 2.05) is 12.1 Å². The van der Waals surface area contributed by atoms with Crippen LogP contribution >= 0.6 is 0 Å². The summed E-state index contributed by atoms with van der Waals surface area (Å²) >= 11 is 0. The number of nitrogens with zero attached hydrogens (tertiary/aromatic N) is 2. The van der Waals surface area contributed by atoms with Crippen molar-refractivity contribution in [2.45, 2.75) is 64.4 Å². The van der Waals surface area contributed by atoms with Crippen LogP contribution in [0.4, 0.5) is 0 Å². The second-order valence-corrected chi connectivity index (χ2v) is 7.87. The Balaban J connectivity index is 1.61. The van der Waals surface area contributed by atoms with Crippen LogP contribution in [0.3, 0.4) is 0 Å². The van der Waals surface area contributed by atoms with E-state index in [4.69, 9.17) is 9.41 Å². The third-order valence-electron chi connectivity index (χ3n) is 5.35. The zero-order valence-corrected chi connectivity index (χ0v) is 17.6. The lowest BCUT2D eigenvalue weighted by Gasteiger charge is -2.27. The van der Waals surface area contributed by atoms with E-state index in [1.54, 1.807) is 6.26 Å². The lowest BCUT2D eigenvalue weighted by atomic mass is 9.93. The summed E-state index contributed by atoms with van der Waals surface area (Å²) < 4.78 is 5.46. The summed E-state index contributed by atoms with van der Waals surface area (Å²) in [7, 11) is 2.10. The van der Waals surface area contributed by atoms with Crippen molar-refractivity contribution in [3.63, 3.8) is 0 Å². The Hall–Kier alpha value is -2.31. The Morgan fingerprint density at radius 3 is 2.55 bits per heavy atom. The normalized spacial score (nSPS) is 20.1. The van der Waals surface area contributed by atoms with Crippen molar-refractivity contribution in [3.8, 4) is 0 Å². The van der Waals surface area contributed by atoms with Gasteiger partial charge < -0.3 is 20.2 Å². The largest absolute Gasteiger partial charge is 0.468 e. The Labute approximate surface area is 174 Å². The van der Waals surface area contributed by atoms with Gasteiger partial charge in [0.15, 0.2) is 5.96 Å². The fraction of sp³-hybridized carbons (Fsp3) is 0.522. The summed E-state index contributed by atoms with van der Waals surface area (Å²) in [5.41, 5.74) is 2.51. The van der Waals surface area contributed by atoms with Crippen LogP contribution in [0.25, 0.3) is 0 Å². The number of hydrogen-bond donors (Lipinski definition) is 3. The van der Waals surface area contributed by atoms with Gasteiger partial charge in [-0.15, -0.1) is 0 Å². The molecule has 0 atom stereocenters. The van der Waals surface area contributed by atoms with Gasteiger partial charge in [-0.2, -0.15) is 0 Å². The summed E-state index contributed by atoms with van der Waals surface area (Å²) in [6.07, 6.45) is 5.27. The molecule has 1 saturated carbocycles. The molecule has 0 aliphatic heterocycles. The first kappa shape index (κ1) is 21.4. The molecule has 0 unspecified atom stereocenters.